The van der Waals surface area contributed by atoms with Crippen LogP contribution < -0.4 is 16.0 Å². The van der Waals surface area contributed by atoms with Crippen molar-refractivity contribution in [3.05, 3.63) is 35.3 Å². The Bertz CT molecular complexity index is 881. The van der Waals surface area contributed by atoms with E-state index >= 15 is 0 Å². The minimum Gasteiger partial charge on any atom is -0.399 e. The molecule has 0 radical (unpaired) electrons. The second kappa shape index (κ2) is 7.30. The van der Waals surface area contributed by atoms with Crippen LogP contribution in [0.2, 0.25) is 5.02 Å². The van der Waals surface area contributed by atoms with Crippen molar-refractivity contribution in [1.82, 2.24) is 9.97 Å². The number of halogens is 1. The summed E-state index contributed by atoms with van der Waals surface area (Å²) in [5.41, 5.74) is 7.64. The Labute approximate surface area is 155 Å². The smallest absolute Gasteiger partial charge is 0.186 e. The molecule has 1 fully saturated rings. The van der Waals surface area contributed by atoms with Crippen molar-refractivity contribution in [2.45, 2.75) is 19.8 Å². The number of nitrogens with two attached hydrogens (primary N) is 1. The van der Waals surface area contributed by atoms with Crippen molar-refractivity contribution in [1.29, 1.82) is 5.26 Å². The highest BCUT2D eigenvalue weighted by atomic mass is 35.5. The Morgan fingerprint density at radius 1 is 1.64 bits per heavy atom. The van der Waals surface area contributed by atoms with Gasteiger partial charge >= 0.3 is 0 Å². The fourth-order valence-electron chi connectivity index (χ4n) is 2.85. The van der Waals surface area contributed by atoms with Crippen molar-refractivity contribution in [3.8, 4) is 6.07 Å². The lowest BCUT2D eigenvalue weighted by Crippen LogP contribution is -2.34. The molecule has 1 aliphatic rings. The molecule has 0 saturated carbocycles. The zero-order valence-electron chi connectivity index (χ0n) is 13.9. The maximum absolute atomic E-state index is 9.20. The zero-order chi connectivity index (χ0) is 18.0. The van der Waals surface area contributed by atoms with Gasteiger partial charge in [-0.05, 0) is 25.8 Å². The Kier molecular flexibility index (Phi) is 5.11. The predicted octanol–water partition coefficient (Wildman–Crippen LogP) is 3.87. The van der Waals surface area contributed by atoms with Crippen molar-refractivity contribution < 1.29 is 0 Å². The number of allylic oxidation sites excluding steroid dienone is 2. The van der Waals surface area contributed by atoms with Crippen LogP contribution >= 0.6 is 22.9 Å². The van der Waals surface area contributed by atoms with Gasteiger partial charge in [-0.1, -0.05) is 29.5 Å². The number of anilines is 2. The van der Waals surface area contributed by atoms with Gasteiger partial charge in [0.2, 0.25) is 0 Å². The molecular formula is C17H19ClN6S. The molecule has 0 unspecified atom stereocenters. The average molecular weight is 375 g/mol. The summed E-state index contributed by atoms with van der Waals surface area (Å²) in [6.07, 6.45) is 5.27. The summed E-state index contributed by atoms with van der Waals surface area (Å²) in [4.78, 5) is 11.2. The fraction of sp³-hybridized carbons (Fsp3) is 0.353. The lowest BCUT2D eigenvalue weighted by molar-refractivity contribution is 0.493. The first kappa shape index (κ1) is 17.5. The molecule has 3 N–H and O–H groups in total. The van der Waals surface area contributed by atoms with Gasteiger partial charge < -0.3 is 16.0 Å². The third-order valence-corrected chi connectivity index (χ3v) is 5.36. The number of hydrogen-bond acceptors (Lipinski definition) is 7. The summed E-state index contributed by atoms with van der Waals surface area (Å²) in [7, 11) is 0. The number of nitrogens with zero attached hydrogens (tertiary/aromatic N) is 4. The largest absolute Gasteiger partial charge is 0.399 e. The molecular weight excluding hydrogens is 356 g/mol. The van der Waals surface area contributed by atoms with Gasteiger partial charge in [-0.3, -0.25) is 0 Å². The number of fused-ring (bicyclic) bond motifs is 1. The van der Waals surface area contributed by atoms with Crippen LogP contribution in [0.1, 0.15) is 19.8 Å². The van der Waals surface area contributed by atoms with Crippen LogP contribution in [0.3, 0.4) is 0 Å². The Balaban J connectivity index is 1.96. The van der Waals surface area contributed by atoms with E-state index < -0.39 is 0 Å². The summed E-state index contributed by atoms with van der Waals surface area (Å²) in [5, 5.41) is 13.8. The number of pyridine rings is 1. The van der Waals surface area contributed by atoms with Gasteiger partial charge in [0.15, 0.2) is 5.13 Å². The van der Waals surface area contributed by atoms with Crippen LogP contribution in [0.25, 0.3) is 10.2 Å². The Morgan fingerprint density at radius 3 is 3.16 bits per heavy atom. The van der Waals surface area contributed by atoms with Crippen LogP contribution in [0.4, 0.5) is 10.9 Å². The standard InChI is InChI=1S/C17H19ClN6S/c1-10(20)6-11(2)22-16-15-14(13(18)8-21-16)23-17(25-15)24-5-3-4-12(7-19)9-24/h6,8,12H,1,3-5,9,20H2,2H3,(H,21,22)/b11-6+/t12-/m0/s1. The lowest BCUT2D eigenvalue weighted by Gasteiger charge is -2.28. The molecule has 0 aromatic carbocycles. The fourth-order valence-corrected chi connectivity index (χ4v) is 4.16. The van der Waals surface area contributed by atoms with E-state index in [1.165, 1.54) is 11.3 Å². The highest BCUT2D eigenvalue weighted by molar-refractivity contribution is 7.22. The maximum atomic E-state index is 9.20. The Morgan fingerprint density at radius 2 is 2.44 bits per heavy atom. The number of aromatic nitrogens is 2. The molecule has 130 valence electrons. The minimum atomic E-state index is 0.0488. The summed E-state index contributed by atoms with van der Waals surface area (Å²) in [5.74, 6) is 0.736. The van der Waals surface area contributed by atoms with Crippen LogP contribution in [0.5, 0.6) is 0 Å². The van der Waals surface area contributed by atoms with E-state index in [2.05, 4.69) is 27.8 Å². The number of nitrogens with one attached hydrogen (secondary N) is 1. The summed E-state index contributed by atoms with van der Waals surface area (Å²) in [6, 6.07) is 2.36. The quantitative estimate of drug-likeness (QED) is 0.789. The average Bonchev–Trinajstić information content (AvgIpc) is 3.03. The van der Waals surface area contributed by atoms with E-state index in [1.54, 1.807) is 12.3 Å². The molecule has 6 nitrogen and oxygen atoms in total. The molecule has 1 atom stereocenters. The molecule has 1 saturated heterocycles. The number of rotatable bonds is 4. The van der Waals surface area contributed by atoms with Crippen molar-refractivity contribution in [3.63, 3.8) is 0 Å². The molecule has 0 aliphatic carbocycles. The minimum absolute atomic E-state index is 0.0488. The van der Waals surface area contributed by atoms with Crippen LogP contribution in [-0.2, 0) is 0 Å². The molecule has 2 aromatic heterocycles. The second-order valence-electron chi connectivity index (χ2n) is 6.07. The topological polar surface area (TPSA) is 90.9 Å². The third-order valence-electron chi connectivity index (χ3n) is 3.96. The van der Waals surface area contributed by atoms with Crippen molar-refractivity contribution in [2.75, 3.05) is 23.3 Å². The van der Waals surface area contributed by atoms with E-state index in [-0.39, 0.29) is 5.92 Å². The van der Waals surface area contributed by atoms with E-state index in [1.807, 2.05) is 6.92 Å². The molecule has 8 heteroatoms. The molecule has 3 rings (SSSR count). The van der Waals surface area contributed by atoms with E-state index in [9.17, 15) is 5.26 Å². The Hall–Kier alpha value is -2.30. The monoisotopic (exact) mass is 374 g/mol. The molecule has 2 aromatic rings. The third kappa shape index (κ3) is 3.86. The SMILES string of the molecule is C=C(N)/C=C(\C)Nc1ncc(Cl)c2nc(N3CCC[C@@H](C#N)C3)sc12. The van der Waals surface area contributed by atoms with E-state index in [0.717, 1.165) is 40.4 Å². The number of piperidine rings is 1. The first-order chi connectivity index (χ1) is 12.0. The molecule has 3 heterocycles. The highest BCUT2D eigenvalue weighted by Gasteiger charge is 2.23. The van der Waals surface area contributed by atoms with Crippen molar-refractivity contribution >= 4 is 44.1 Å². The second-order valence-corrected chi connectivity index (χ2v) is 7.46. The van der Waals surface area contributed by atoms with Gasteiger partial charge in [0.25, 0.3) is 0 Å². The van der Waals surface area contributed by atoms with E-state index in [0.29, 0.717) is 23.1 Å². The number of hydrogen-bond donors (Lipinski definition) is 2. The molecule has 0 bridgehead atoms. The molecule has 0 amide bonds. The number of nitriles is 1. The van der Waals surface area contributed by atoms with Gasteiger partial charge in [0.05, 0.1) is 23.2 Å². The zero-order valence-corrected chi connectivity index (χ0v) is 15.5. The van der Waals surface area contributed by atoms with Crippen LogP contribution in [-0.4, -0.2) is 23.1 Å². The number of thiazole rings is 1. The first-order valence-electron chi connectivity index (χ1n) is 7.97. The van der Waals surface area contributed by atoms with E-state index in [4.69, 9.17) is 22.3 Å². The van der Waals surface area contributed by atoms with Crippen LogP contribution in [0.15, 0.2) is 30.2 Å². The maximum Gasteiger partial charge on any atom is 0.186 e. The first-order valence-corrected chi connectivity index (χ1v) is 9.16. The van der Waals surface area contributed by atoms with Gasteiger partial charge in [-0.2, -0.15) is 5.26 Å². The molecule has 25 heavy (non-hydrogen) atoms. The lowest BCUT2D eigenvalue weighted by atomic mass is 10.0. The highest BCUT2D eigenvalue weighted by Crippen LogP contribution is 2.38. The molecule has 1 aliphatic heterocycles. The summed E-state index contributed by atoms with van der Waals surface area (Å²) < 4.78 is 0.886. The van der Waals surface area contributed by atoms with Gasteiger partial charge in [-0.25, -0.2) is 9.97 Å². The van der Waals surface area contributed by atoms with Crippen molar-refractivity contribution in [2.24, 2.45) is 11.7 Å². The summed E-state index contributed by atoms with van der Waals surface area (Å²) in [6.45, 7) is 7.17. The van der Waals surface area contributed by atoms with Gasteiger partial charge in [-0.15, -0.1) is 0 Å². The van der Waals surface area contributed by atoms with Gasteiger partial charge in [0.1, 0.15) is 16.0 Å². The normalized spacial score (nSPS) is 18.2. The van der Waals surface area contributed by atoms with Gasteiger partial charge in [0, 0.05) is 24.5 Å². The van der Waals surface area contributed by atoms with Crippen LogP contribution in [0, 0.1) is 17.2 Å². The molecule has 0 spiro atoms. The summed E-state index contributed by atoms with van der Waals surface area (Å²) >= 11 is 7.83. The predicted molar refractivity (Wildman–Crippen MR) is 104 cm³/mol.